The van der Waals surface area contributed by atoms with Crippen molar-refractivity contribution in [2.75, 3.05) is 37.6 Å². The van der Waals surface area contributed by atoms with Crippen LogP contribution in [0.15, 0.2) is 12.1 Å². The first-order valence-electron chi connectivity index (χ1n) is 6.81. The molecule has 1 aromatic heterocycles. The Morgan fingerprint density at radius 3 is 2.60 bits per heavy atom. The number of rotatable bonds is 5. The standard InChI is InChI=1S/C13H19N5O2/c1-2-5-14-13(20)11-3-4-12(16-15-11)18-8-6-17(10-19)7-9-18/h3-4,10H,2,5-9H2,1H3,(H,14,20). The zero-order valence-corrected chi connectivity index (χ0v) is 11.6. The second-order valence-corrected chi connectivity index (χ2v) is 4.66. The van der Waals surface area contributed by atoms with Gasteiger partial charge in [0.15, 0.2) is 11.5 Å². The van der Waals surface area contributed by atoms with E-state index in [0.29, 0.717) is 25.3 Å². The summed E-state index contributed by atoms with van der Waals surface area (Å²) < 4.78 is 0. The van der Waals surface area contributed by atoms with Crippen LogP contribution in [-0.2, 0) is 4.79 Å². The molecule has 2 amide bonds. The summed E-state index contributed by atoms with van der Waals surface area (Å²) in [5.41, 5.74) is 0.328. The predicted octanol–water partition coefficient (Wildman–Crippen LogP) is -0.105. The molecule has 0 saturated carbocycles. The Bertz CT molecular complexity index is 454. The summed E-state index contributed by atoms with van der Waals surface area (Å²) in [6, 6.07) is 3.48. The number of amides is 2. The maximum Gasteiger partial charge on any atom is 0.271 e. The van der Waals surface area contributed by atoms with Crippen LogP contribution in [0.25, 0.3) is 0 Å². The van der Waals surface area contributed by atoms with Gasteiger partial charge in [0, 0.05) is 32.7 Å². The number of nitrogens with one attached hydrogen (secondary N) is 1. The summed E-state index contributed by atoms with van der Waals surface area (Å²) >= 11 is 0. The van der Waals surface area contributed by atoms with Crippen LogP contribution in [0.4, 0.5) is 5.82 Å². The van der Waals surface area contributed by atoms with Gasteiger partial charge in [-0.25, -0.2) is 0 Å². The normalized spacial score (nSPS) is 15.1. The minimum absolute atomic E-state index is 0.198. The molecule has 1 aromatic rings. The van der Waals surface area contributed by atoms with E-state index in [0.717, 1.165) is 31.7 Å². The van der Waals surface area contributed by atoms with Gasteiger partial charge in [0.2, 0.25) is 6.41 Å². The van der Waals surface area contributed by atoms with Gasteiger partial charge in [-0.1, -0.05) is 6.92 Å². The fourth-order valence-electron chi connectivity index (χ4n) is 2.00. The summed E-state index contributed by atoms with van der Waals surface area (Å²) in [5, 5.41) is 10.8. The molecule has 0 radical (unpaired) electrons. The van der Waals surface area contributed by atoms with E-state index in [1.165, 1.54) is 0 Å². The third kappa shape index (κ3) is 3.43. The van der Waals surface area contributed by atoms with E-state index in [4.69, 9.17) is 0 Å². The third-order valence-electron chi connectivity index (χ3n) is 3.21. The molecule has 1 aliphatic heterocycles. The fourth-order valence-corrected chi connectivity index (χ4v) is 2.00. The van der Waals surface area contributed by atoms with E-state index in [1.807, 2.05) is 6.92 Å². The van der Waals surface area contributed by atoms with Crippen LogP contribution in [0.3, 0.4) is 0 Å². The van der Waals surface area contributed by atoms with E-state index < -0.39 is 0 Å². The Kier molecular flexibility index (Phi) is 4.86. The summed E-state index contributed by atoms with van der Waals surface area (Å²) in [5.74, 6) is 0.541. The van der Waals surface area contributed by atoms with Crippen LogP contribution in [0.1, 0.15) is 23.8 Å². The highest BCUT2D eigenvalue weighted by Gasteiger charge is 2.17. The van der Waals surface area contributed by atoms with Crippen molar-refractivity contribution in [3.8, 4) is 0 Å². The molecule has 7 heteroatoms. The molecule has 0 spiro atoms. The van der Waals surface area contributed by atoms with Gasteiger partial charge in [0.25, 0.3) is 5.91 Å². The number of anilines is 1. The number of aromatic nitrogens is 2. The van der Waals surface area contributed by atoms with Crippen molar-refractivity contribution in [2.45, 2.75) is 13.3 Å². The smallest absolute Gasteiger partial charge is 0.271 e. The average Bonchev–Trinajstić information content (AvgIpc) is 2.53. The zero-order chi connectivity index (χ0) is 14.4. The van der Waals surface area contributed by atoms with Gasteiger partial charge in [0.1, 0.15) is 0 Å². The summed E-state index contributed by atoms with van der Waals surface area (Å²) in [6.07, 6.45) is 1.75. The van der Waals surface area contributed by atoms with Crippen LogP contribution >= 0.6 is 0 Å². The highest BCUT2D eigenvalue weighted by atomic mass is 16.2. The second kappa shape index (κ2) is 6.83. The van der Waals surface area contributed by atoms with E-state index >= 15 is 0 Å². The lowest BCUT2D eigenvalue weighted by atomic mass is 10.3. The van der Waals surface area contributed by atoms with Crippen LogP contribution in [0.5, 0.6) is 0 Å². The van der Waals surface area contributed by atoms with E-state index in [1.54, 1.807) is 17.0 Å². The van der Waals surface area contributed by atoms with Crippen molar-refractivity contribution < 1.29 is 9.59 Å². The molecule has 0 bridgehead atoms. The maximum atomic E-state index is 11.7. The molecule has 0 unspecified atom stereocenters. The SMILES string of the molecule is CCCNC(=O)c1ccc(N2CCN(C=O)CC2)nn1. The fraction of sp³-hybridized carbons (Fsp3) is 0.538. The van der Waals surface area contributed by atoms with Crippen LogP contribution in [0.2, 0.25) is 0 Å². The maximum absolute atomic E-state index is 11.7. The average molecular weight is 277 g/mol. The van der Waals surface area contributed by atoms with Crippen LogP contribution in [-0.4, -0.2) is 60.1 Å². The Hall–Kier alpha value is -2.18. The molecule has 20 heavy (non-hydrogen) atoms. The molecule has 0 aliphatic carbocycles. The molecule has 1 saturated heterocycles. The summed E-state index contributed by atoms with van der Waals surface area (Å²) in [6.45, 7) is 5.46. The van der Waals surface area contributed by atoms with E-state index in [-0.39, 0.29) is 5.91 Å². The van der Waals surface area contributed by atoms with Crippen LogP contribution < -0.4 is 10.2 Å². The first kappa shape index (κ1) is 14.2. The number of hydrogen-bond acceptors (Lipinski definition) is 5. The van der Waals surface area contributed by atoms with Crippen molar-refractivity contribution in [3.05, 3.63) is 17.8 Å². The van der Waals surface area contributed by atoms with Crippen molar-refractivity contribution in [2.24, 2.45) is 0 Å². The minimum Gasteiger partial charge on any atom is -0.352 e. The van der Waals surface area contributed by atoms with Gasteiger partial charge < -0.3 is 15.1 Å². The van der Waals surface area contributed by atoms with Gasteiger partial charge in [-0.2, -0.15) is 0 Å². The molecule has 108 valence electrons. The lowest BCUT2D eigenvalue weighted by Crippen LogP contribution is -2.46. The Balaban J connectivity index is 1.94. The van der Waals surface area contributed by atoms with Gasteiger partial charge in [-0.15, -0.1) is 10.2 Å². The first-order chi connectivity index (χ1) is 9.74. The predicted molar refractivity (Wildman–Crippen MR) is 74.5 cm³/mol. The molecule has 1 N–H and O–H groups in total. The molecule has 7 nitrogen and oxygen atoms in total. The first-order valence-corrected chi connectivity index (χ1v) is 6.81. The number of carbonyl (C=O) groups excluding carboxylic acids is 2. The van der Waals surface area contributed by atoms with Crippen molar-refractivity contribution >= 4 is 18.1 Å². The largest absolute Gasteiger partial charge is 0.352 e. The highest BCUT2D eigenvalue weighted by molar-refractivity contribution is 5.92. The Morgan fingerprint density at radius 2 is 2.05 bits per heavy atom. The molecule has 1 aliphatic rings. The molecular weight excluding hydrogens is 258 g/mol. The zero-order valence-electron chi connectivity index (χ0n) is 11.6. The number of piperazine rings is 1. The molecular formula is C13H19N5O2. The topological polar surface area (TPSA) is 78.4 Å². The van der Waals surface area contributed by atoms with Crippen molar-refractivity contribution in [1.29, 1.82) is 0 Å². The summed E-state index contributed by atoms with van der Waals surface area (Å²) in [4.78, 5) is 26.1. The Labute approximate surface area is 118 Å². The van der Waals surface area contributed by atoms with Gasteiger partial charge in [-0.3, -0.25) is 9.59 Å². The number of hydrogen-bond donors (Lipinski definition) is 1. The summed E-state index contributed by atoms with van der Waals surface area (Å²) in [7, 11) is 0. The third-order valence-corrected chi connectivity index (χ3v) is 3.21. The van der Waals surface area contributed by atoms with Gasteiger partial charge in [-0.05, 0) is 18.6 Å². The molecule has 2 heterocycles. The quantitative estimate of drug-likeness (QED) is 0.760. The second-order valence-electron chi connectivity index (χ2n) is 4.66. The minimum atomic E-state index is -0.198. The van der Waals surface area contributed by atoms with Crippen molar-refractivity contribution in [3.63, 3.8) is 0 Å². The van der Waals surface area contributed by atoms with Crippen molar-refractivity contribution in [1.82, 2.24) is 20.4 Å². The van der Waals surface area contributed by atoms with Gasteiger partial charge >= 0.3 is 0 Å². The molecule has 0 aromatic carbocycles. The number of nitrogens with zero attached hydrogens (tertiary/aromatic N) is 4. The lowest BCUT2D eigenvalue weighted by molar-refractivity contribution is -0.118. The van der Waals surface area contributed by atoms with Gasteiger partial charge in [0.05, 0.1) is 0 Å². The molecule has 2 rings (SSSR count). The van der Waals surface area contributed by atoms with E-state index in [2.05, 4.69) is 20.4 Å². The highest BCUT2D eigenvalue weighted by Crippen LogP contribution is 2.12. The Morgan fingerprint density at radius 1 is 1.30 bits per heavy atom. The number of carbonyl (C=O) groups is 2. The van der Waals surface area contributed by atoms with Crippen LogP contribution in [0, 0.1) is 0 Å². The molecule has 1 fully saturated rings. The molecule has 0 atom stereocenters. The lowest BCUT2D eigenvalue weighted by Gasteiger charge is -2.32. The van der Waals surface area contributed by atoms with E-state index in [9.17, 15) is 9.59 Å². The monoisotopic (exact) mass is 277 g/mol.